The first kappa shape index (κ1) is 7.96. The van der Waals surface area contributed by atoms with E-state index in [1.54, 1.807) is 0 Å². The molecule has 0 aliphatic heterocycles. The van der Waals surface area contributed by atoms with E-state index >= 15 is 0 Å². The highest BCUT2D eigenvalue weighted by Gasteiger charge is 1.95. The van der Waals surface area contributed by atoms with Crippen molar-refractivity contribution < 1.29 is 4.74 Å². The van der Waals surface area contributed by atoms with Crippen LogP contribution < -0.4 is 0 Å². The highest BCUT2D eigenvalue weighted by molar-refractivity contribution is 4.47. The number of unbranched alkanes of at least 4 members (excludes halogenated alkanes) is 1. The minimum absolute atomic E-state index is 0.120. The van der Waals surface area contributed by atoms with Crippen LogP contribution in [-0.2, 0) is 4.74 Å². The Bertz CT molecular complexity index is 43.7. The third-order valence-electron chi connectivity index (χ3n) is 1.17. The zero-order valence-corrected chi connectivity index (χ0v) is 5.61. The van der Waals surface area contributed by atoms with E-state index in [0.29, 0.717) is 0 Å². The first-order valence-electron chi connectivity index (χ1n) is 3.13. The molecule has 1 heteroatoms. The Labute approximate surface area is 52.0 Å². The summed E-state index contributed by atoms with van der Waals surface area (Å²) < 4.78 is 4.30. The average molecular weight is 113 g/mol. The molecule has 0 aromatic heterocycles. The predicted octanol–water partition coefficient (Wildman–Crippen LogP) is 2.13. The van der Waals surface area contributed by atoms with Crippen molar-refractivity contribution in [2.75, 3.05) is 0 Å². The molecule has 0 spiro atoms. The summed E-state index contributed by atoms with van der Waals surface area (Å²) >= 11 is 0. The molecule has 0 rings (SSSR count). The van der Waals surface area contributed by atoms with Crippen molar-refractivity contribution in [1.29, 1.82) is 0 Å². The monoisotopic (exact) mass is 113 g/mol. The third-order valence-corrected chi connectivity index (χ3v) is 1.17. The Kier molecular flexibility index (Phi) is 5.08. The second-order valence-electron chi connectivity index (χ2n) is 2.07. The average Bonchev–Trinajstić information content (AvgIpc) is 1.83. The van der Waals surface area contributed by atoms with Crippen molar-refractivity contribution >= 4 is 0 Å². The van der Waals surface area contributed by atoms with Crippen LogP contribution in [0.2, 0.25) is 0 Å². The first-order chi connectivity index (χ1) is 3.81. The maximum atomic E-state index is 6.49. The van der Waals surface area contributed by atoms with E-state index in [2.05, 4.69) is 11.7 Å². The Morgan fingerprint density at radius 1 is 1.62 bits per heavy atom. The van der Waals surface area contributed by atoms with Gasteiger partial charge in [-0.2, -0.15) is 0 Å². The second-order valence-corrected chi connectivity index (χ2v) is 2.07. The van der Waals surface area contributed by atoms with Crippen LogP contribution in [0, 0.1) is 7.11 Å². The normalized spacial score (nSPS) is 13.9. The van der Waals surface area contributed by atoms with E-state index < -0.39 is 0 Å². The molecule has 0 amide bonds. The van der Waals surface area contributed by atoms with Crippen LogP contribution >= 0.6 is 0 Å². The lowest BCUT2D eigenvalue weighted by molar-refractivity contribution is 0.144. The molecular weight excluding hydrogens is 100 g/mol. The van der Waals surface area contributed by atoms with Crippen molar-refractivity contribution in [1.82, 2.24) is 0 Å². The molecule has 1 atom stereocenters. The van der Waals surface area contributed by atoms with Gasteiger partial charge < -0.3 is 4.74 Å². The van der Waals surface area contributed by atoms with Gasteiger partial charge in [0.2, 0.25) is 0 Å². The molecular formula is C7H13O. The van der Waals surface area contributed by atoms with E-state index in [0.717, 1.165) is 6.42 Å². The van der Waals surface area contributed by atoms with Gasteiger partial charge in [-0.15, -0.1) is 0 Å². The highest BCUT2D eigenvalue weighted by atomic mass is 16.5. The summed E-state index contributed by atoms with van der Waals surface area (Å²) in [4.78, 5) is 0. The third kappa shape index (κ3) is 4.13. The van der Waals surface area contributed by atoms with Gasteiger partial charge in [0.15, 0.2) is 7.11 Å². The Morgan fingerprint density at radius 3 is 2.62 bits per heavy atom. The maximum absolute atomic E-state index is 6.49. The summed E-state index contributed by atoms with van der Waals surface area (Å²) in [5, 5.41) is 0. The molecule has 0 aromatic rings. The fourth-order valence-corrected chi connectivity index (χ4v) is 0.551. The molecule has 47 valence electrons. The lowest BCUT2D eigenvalue weighted by Crippen LogP contribution is -2.01. The zero-order chi connectivity index (χ0) is 6.41. The van der Waals surface area contributed by atoms with E-state index in [1.165, 1.54) is 12.8 Å². The van der Waals surface area contributed by atoms with Crippen LogP contribution in [0.1, 0.15) is 33.1 Å². The van der Waals surface area contributed by atoms with Gasteiger partial charge in [-0.05, 0) is 13.3 Å². The minimum Gasteiger partial charge on any atom is -0.362 e. The topological polar surface area (TPSA) is 9.23 Å². The molecule has 1 nitrogen and oxygen atoms in total. The summed E-state index contributed by atoms with van der Waals surface area (Å²) in [5.74, 6) is 0. The lowest BCUT2D eigenvalue weighted by Gasteiger charge is -2.04. The molecule has 0 fully saturated rings. The van der Waals surface area contributed by atoms with Crippen LogP contribution in [-0.4, -0.2) is 6.10 Å². The van der Waals surface area contributed by atoms with Crippen LogP contribution in [0.15, 0.2) is 0 Å². The molecule has 0 heterocycles. The van der Waals surface area contributed by atoms with Gasteiger partial charge >= 0.3 is 0 Å². The molecule has 0 N–H and O–H groups in total. The number of hydrogen-bond donors (Lipinski definition) is 0. The quantitative estimate of drug-likeness (QED) is 0.542. The van der Waals surface area contributed by atoms with Gasteiger partial charge in [0.05, 0.1) is 6.10 Å². The zero-order valence-electron chi connectivity index (χ0n) is 5.61. The fraction of sp³-hybridized carbons (Fsp3) is 0.857. The summed E-state index contributed by atoms with van der Waals surface area (Å²) in [7, 11) is 6.49. The SMILES string of the molecule is [C]OC(C)CCCC. The van der Waals surface area contributed by atoms with E-state index in [4.69, 9.17) is 7.11 Å². The fourth-order valence-electron chi connectivity index (χ4n) is 0.551. The maximum Gasteiger partial charge on any atom is 0.173 e. The summed E-state index contributed by atoms with van der Waals surface area (Å²) in [6.45, 7) is 4.05. The minimum atomic E-state index is 0.120. The molecule has 0 saturated carbocycles. The summed E-state index contributed by atoms with van der Waals surface area (Å²) in [6.07, 6.45) is 3.49. The van der Waals surface area contributed by atoms with Crippen molar-refractivity contribution in [3.63, 3.8) is 0 Å². The van der Waals surface area contributed by atoms with Gasteiger partial charge in [-0.3, -0.25) is 0 Å². The van der Waals surface area contributed by atoms with Crippen molar-refractivity contribution in [2.24, 2.45) is 0 Å². The molecule has 0 bridgehead atoms. The second kappa shape index (κ2) is 5.10. The highest BCUT2D eigenvalue weighted by Crippen LogP contribution is 2.01. The lowest BCUT2D eigenvalue weighted by atomic mass is 10.2. The number of hydrogen-bond acceptors (Lipinski definition) is 1. The van der Waals surface area contributed by atoms with Crippen molar-refractivity contribution in [2.45, 2.75) is 39.2 Å². The number of ether oxygens (including phenoxy) is 1. The molecule has 3 radical (unpaired) electrons. The van der Waals surface area contributed by atoms with Gasteiger partial charge in [-0.1, -0.05) is 19.8 Å². The van der Waals surface area contributed by atoms with Crippen LogP contribution in [0.25, 0.3) is 0 Å². The van der Waals surface area contributed by atoms with E-state index in [9.17, 15) is 0 Å². The largest absolute Gasteiger partial charge is 0.362 e. The van der Waals surface area contributed by atoms with Crippen LogP contribution in [0.3, 0.4) is 0 Å². The van der Waals surface area contributed by atoms with Gasteiger partial charge in [-0.25, -0.2) is 0 Å². The smallest absolute Gasteiger partial charge is 0.173 e. The molecule has 8 heavy (non-hydrogen) atoms. The van der Waals surface area contributed by atoms with Crippen LogP contribution in [0.5, 0.6) is 0 Å². The van der Waals surface area contributed by atoms with Crippen molar-refractivity contribution in [3.8, 4) is 0 Å². The van der Waals surface area contributed by atoms with Crippen LogP contribution in [0.4, 0.5) is 0 Å². The molecule has 0 aliphatic carbocycles. The molecule has 0 saturated heterocycles. The summed E-state index contributed by atoms with van der Waals surface area (Å²) in [5.41, 5.74) is 0. The van der Waals surface area contributed by atoms with Gasteiger partial charge in [0, 0.05) is 0 Å². The molecule has 0 aliphatic rings. The number of rotatable bonds is 4. The van der Waals surface area contributed by atoms with Crippen molar-refractivity contribution in [3.05, 3.63) is 7.11 Å². The summed E-state index contributed by atoms with van der Waals surface area (Å²) in [6, 6.07) is 0. The Balaban J connectivity index is 2.86. The van der Waals surface area contributed by atoms with E-state index in [-0.39, 0.29) is 6.10 Å². The standard InChI is InChI=1S/C7H13O/c1-4-5-6-7(2)8-3/h7H,4-6H2,1-2H3. The first-order valence-corrected chi connectivity index (χ1v) is 3.13. The Hall–Kier alpha value is -0.0400. The van der Waals surface area contributed by atoms with Gasteiger partial charge in [0.1, 0.15) is 0 Å². The van der Waals surface area contributed by atoms with E-state index in [1.807, 2.05) is 6.92 Å². The Morgan fingerprint density at radius 2 is 2.25 bits per heavy atom. The molecule has 0 aromatic carbocycles. The van der Waals surface area contributed by atoms with Gasteiger partial charge in [0.25, 0.3) is 0 Å². The molecule has 1 unspecified atom stereocenters. The predicted molar refractivity (Wildman–Crippen MR) is 33.3 cm³/mol.